The third-order valence-corrected chi connectivity index (χ3v) is 6.11. The first-order valence-corrected chi connectivity index (χ1v) is 10.1. The predicted octanol–water partition coefficient (Wildman–Crippen LogP) is 4.86. The molecule has 2 aromatic rings. The summed E-state index contributed by atoms with van der Waals surface area (Å²) in [7, 11) is 0. The molecule has 0 aliphatic carbocycles. The maximum Gasteiger partial charge on any atom is 0.194 e. The number of thiazole rings is 1. The van der Waals surface area contributed by atoms with Crippen LogP contribution >= 0.6 is 35.3 Å². The molecule has 0 radical (unpaired) electrons. The van der Waals surface area contributed by atoms with Crippen molar-refractivity contribution in [2.75, 3.05) is 13.1 Å². The molecule has 1 N–H and O–H groups in total. The summed E-state index contributed by atoms with van der Waals surface area (Å²) in [6.45, 7) is 8.68. The number of hydrogen-bond donors (Lipinski definition) is 1. The first kappa shape index (κ1) is 19.6. The van der Waals surface area contributed by atoms with Gasteiger partial charge in [-0.25, -0.2) is 4.98 Å². The smallest absolute Gasteiger partial charge is 0.194 e. The van der Waals surface area contributed by atoms with E-state index >= 15 is 0 Å². The molecule has 1 aromatic carbocycles. The number of hydrogen-bond acceptors (Lipinski definition) is 5. The highest BCUT2D eigenvalue weighted by molar-refractivity contribution is 14.0. The number of guanidine groups is 1. The molecule has 0 amide bonds. The van der Waals surface area contributed by atoms with Gasteiger partial charge in [-0.3, -0.25) is 4.99 Å². The van der Waals surface area contributed by atoms with E-state index < -0.39 is 0 Å². The van der Waals surface area contributed by atoms with Crippen molar-refractivity contribution in [3.8, 4) is 11.3 Å². The second-order valence-electron chi connectivity index (χ2n) is 7.39. The van der Waals surface area contributed by atoms with Gasteiger partial charge in [0.05, 0.1) is 29.3 Å². The van der Waals surface area contributed by atoms with E-state index in [1.165, 1.54) is 24.0 Å². The van der Waals surface area contributed by atoms with Gasteiger partial charge in [0.25, 0.3) is 0 Å². The number of nitrogens with one attached hydrogen (secondary N) is 1. The standard InChI is InChI=1S/C20H26N4S.HI/c1-13-4-9-18-10-21-20(24(18)11-13)22-14(2)16-5-7-17(8-6-16)19-12-25-15(3)23-19;/h5-8,12-14,18H,4,9-11H2,1-3H3,(H,21,22);1H. The molecule has 140 valence electrons. The fourth-order valence-electron chi connectivity index (χ4n) is 3.78. The molecule has 1 fully saturated rings. The van der Waals surface area contributed by atoms with Crippen molar-refractivity contribution in [1.29, 1.82) is 0 Å². The van der Waals surface area contributed by atoms with E-state index in [1.807, 2.05) is 6.92 Å². The number of rotatable bonds is 3. The third kappa shape index (κ3) is 4.06. The molecule has 3 atom stereocenters. The van der Waals surface area contributed by atoms with Crippen LogP contribution in [0.5, 0.6) is 0 Å². The zero-order chi connectivity index (χ0) is 17.4. The van der Waals surface area contributed by atoms with Crippen molar-refractivity contribution in [1.82, 2.24) is 15.2 Å². The largest absolute Gasteiger partial charge is 0.350 e. The summed E-state index contributed by atoms with van der Waals surface area (Å²) in [5.41, 5.74) is 3.54. The van der Waals surface area contributed by atoms with E-state index in [-0.39, 0.29) is 30.0 Å². The third-order valence-electron chi connectivity index (χ3n) is 5.34. The predicted molar refractivity (Wildman–Crippen MR) is 120 cm³/mol. The fraction of sp³-hybridized carbons (Fsp3) is 0.500. The minimum absolute atomic E-state index is 0. The number of aryl methyl sites for hydroxylation is 1. The van der Waals surface area contributed by atoms with Crippen molar-refractivity contribution < 1.29 is 0 Å². The van der Waals surface area contributed by atoms with E-state index in [2.05, 4.69) is 58.7 Å². The lowest BCUT2D eigenvalue weighted by molar-refractivity contribution is 0.210. The van der Waals surface area contributed by atoms with Gasteiger partial charge in [0, 0.05) is 17.5 Å². The number of halogens is 1. The van der Waals surface area contributed by atoms with Crippen molar-refractivity contribution in [3.63, 3.8) is 0 Å². The van der Waals surface area contributed by atoms with E-state index in [0.29, 0.717) is 6.04 Å². The van der Waals surface area contributed by atoms with Gasteiger partial charge in [0.15, 0.2) is 5.96 Å². The molecule has 1 saturated heterocycles. The van der Waals surface area contributed by atoms with E-state index in [9.17, 15) is 0 Å². The number of aliphatic imine (C=N–C) groups is 1. The fourth-order valence-corrected chi connectivity index (χ4v) is 4.41. The van der Waals surface area contributed by atoms with Crippen LogP contribution in [-0.4, -0.2) is 35.0 Å². The molecule has 26 heavy (non-hydrogen) atoms. The summed E-state index contributed by atoms with van der Waals surface area (Å²) in [4.78, 5) is 11.8. The number of piperidine rings is 1. The first-order chi connectivity index (χ1) is 12.1. The Hall–Kier alpha value is -1.15. The van der Waals surface area contributed by atoms with E-state index in [0.717, 1.165) is 35.7 Å². The molecule has 6 heteroatoms. The molecular formula is C20H27IN4S. The van der Waals surface area contributed by atoms with Crippen LogP contribution in [0, 0.1) is 12.8 Å². The molecule has 2 aliphatic heterocycles. The number of aromatic nitrogens is 1. The maximum absolute atomic E-state index is 4.77. The Bertz CT molecular complexity index is 770. The summed E-state index contributed by atoms with van der Waals surface area (Å²) >= 11 is 1.70. The molecule has 0 spiro atoms. The molecule has 0 saturated carbocycles. The molecule has 2 aliphatic rings. The summed E-state index contributed by atoms with van der Waals surface area (Å²) in [6.07, 6.45) is 2.60. The van der Waals surface area contributed by atoms with Gasteiger partial charge >= 0.3 is 0 Å². The van der Waals surface area contributed by atoms with E-state index in [4.69, 9.17) is 4.99 Å². The molecule has 4 rings (SSSR count). The zero-order valence-electron chi connectivity index (χ0n) is 15.6. The van der Waals surface area contributed by atoms with Gasteiger partial charge < -0.3 is 10.2 Å². The highest BCUT2D eigenvalue weighted by atomic mass is 127. The topological polar surface area (TPSA) is 40.5 Å². The van der Waals surface area contributed by atoms with Gasteiger partial charge in [-0.05, 0) is 38.2 Å². The summed E-state index contributed by atoms with van der Waals surface area (Å²) in [6, 6.07) is 9.61. The Balaban J connectivity index is 0.00000196. The first-order valence-electron chi connectivity index (χ1n) is 9.20. The lowest BCUT2D eigenvalue weighted by Crippen LogP contribution is -2.48. The zero-order valence-corrected chi connectivity index (χ0v) is 18.8. The van der Waals surface area contributed by atoms with Gasteiger partial charge in [0.2, 0.25) is 0 Å². The lowest BCUT2D eigenvalue weighted by atomic mass is 9.95. The Morgan fingerprint density at radius 2 is 2.00 bits per heavy atom. The van der Waals surface area contributed by atoms with Gasteiger partial charge in [-0.2, -0.15) is 0 Å². The molecular weight excluding hydrogens is 455 g/mol. The van der Waals surface area contributed by atoms with Crippen LogP contribution in [0.1, 0.15) is 43.3 Å². The van der Waals surface area contributed by atoms with Gasteiger partial charge in [0.1, 0.15) is 0 Å². The Labute approximate surface area is 177 Å². The van der Waals surface area contributed by atoms with Crippen molar-refractivity contribution in [2.45, 2.75) is 45.7 Å². The monoisotopic (exact) mass is 482 g/mol. The number of benzene rings is 1. The second-order valence-corrected chi connectivity index (χ2v) is 8.46. The number of nitrogens with zero attached hydrogens (tertiary/aromatic N) is 3. The normalized spacial score (nSPS) is 23.0. The molecule has 3 heterocycles. The van der Waals surface area contributed by atoms with Crippen LogP contribution in [0.25, 0.3) is 11.3 Å². The van der Waals surface area contributed by atoms with Crippen LogP contribution in [0.4, 0.5) is 0 Å². The highest BCUT2D eigenvalue weighted by Crippen LogP contribution is 2.27. The van der Waals surface area contributed by atoms with Crippen LogP contribution in [0.2, 0.25) is 0 Å². The van der Waals surface area contributed by atoms with Crippen LogP contribution in [0.3, 0.4) is 0 Å². The molecule has 4 nitrogen and oxygen atoms in total. The Morgan fingerprint density at radius 3 is 2.69 bits per heavy atom. The van der Waals surface area contributed by atoms with Gasteiger partial charge in [-0.15, -0.1) is 35.3 Å². The average molecular weight is 482 g/mol. The van der Waals surface area contributed by atoms with Crippen molar-refractivity contribution in [3.05, 3.63) is 40.2 Å². The number of fused-ring (bicyclic) bond motifs is 1. The van der Waals surface area contributed by atoms with E-state index in [1.54, 1.807) is 11.3 Å². The van der Waals surface area contributed by atoms with Crippen LogP contribution < -0.4 is 5.32 Å². The highest BCUT2D eigenvalue weighted by Gasteiger charge is 2.33. The minimum atomic E-state index is 0. The van der Waals surface area contributed by atoms with Crippen LogP contribution in [-0.2, 0) is 0 Å². The summed E-state index contributed by atoms with van der Waals surface area (Å²) in [5, 5.41) is 6.87. The second kappa shape index (κ2) is 8.25. The molecule has 3 unspecified atom stereocenters. The maximum atomic E-state index is 4.77. The quantitative estimate of drug-likeness (QED) is 0.636. The Kier molecular flexibility index (Phi) is 6.22. The SMILES string of the molecule is Cc1nc(-c2ccc(C(C)NC3=NCC4CCC(C)CN34)cc2)cs1.I. The summed E-state index contributed by atoms with van der Waals surface area (Å²) < 4.78 is 0. The van der Waals surface area contributed by atoms with Crippen molar-refractivity contribution in [2.24, 2.45) is 10.9 Å². The van der Waals surface area contributed by atoms with Gasteiger partial charge in [-0.1, -0.05) is 31.2 Å². The molecule has 0 bridgehead atoms. The Morgan fingerprint density at radius 1 is 1.23 bits per heavy atom. The average Bonchev–Trinajstić information content (AvgIpc) is 3.22. The lowest BCUT2D eigenvalue weighted by Gasteiger charge is -2.36. The molecule has 1 aromatic heterocycles. The summed E-state index contributed by atoms with van der Waals surface area (Å²) in [5.74, 6) is 1.85. The van der Waals surface area contributed by atoms with Crippen molar-refractivity contribution >= 4 is 41.3 Å². The van der Waals surface area contributed by atoms with Crippen LogP contribution in [0.15, 0.2) is 34.6 Å². The minimum Gasteiger partial charge on any atom is -0.350 e.